The lowest BCUT2D eigenvalue weighted by molar-refractivity contribution is 0.0960. The zero-order valence-electron chi connectivity index (χ0n) is 19.9. The number of hydrazine groups is 1. The van der Waals surface area contributed by atoms with Crippen molar-refractivity contribution in [3.8, 4) is 5.75 Å². The number of piperazine rings is 1. The molecule has 4 heterocycles. The van der Waals surface area contributed by atoms with Crippen LogP contribution in [0.4, 0.5) is 15.2 Å². The monoisotopic (exact) mass is 508 g/mol. The highest BCUT2D eigenvalue weighted by Crippen LogP contribution is 2.42. The van der Waals surface area contributed by atoms with Crippen LogP contribution in [-0.2, 0) is 0 Å². The zero-order valence-corrected chi connectivity index (χ0v) is 20.7. The van der Waals surface area contributed by atoms with Gasteiger partial charge < -0.3 is 19.1 Å². The predicted molar refractivity (Wildman–Crippen MR) is 139 cm³/mol. The first kappa shape index (κ1) is 22.7. The predicted octanol–water partition coefficient (Wildman–Crippen LogP) is 3.21. The van der Waals surface area contributed by atoms with Gasteiger partial charge in [-0.1, -0.05) is 23.5 Å². The molecule has 186 valence electrons. The van der Waals surface area contributed by atoms with Crippen LogP contribution in [0.15, 0.2) is 41.3 Å². The topological polar surface area (TPSA) is 91.7 Å². The van der Waals surface area contributed by atoms with Crippen molar-refractivity contribution in [2.45, 2.75) is 13.0 Å². The Kier molecular flexibility index (Phi) is 5.53. The van der Waals surface area contributed by atoms with Gasteiger partial charge in [-0.25, -0.2) is 9.37 Å². The lowest BCUT2D eigenvalue weighted by atomic mass is 10.0. The quantitative estimate of drug-likeness (QED) is 0.409. The van der Waals surface area contributed by atoms with Gasteiger partial charge in [0.1, 0.15) is 17.9 Å². The summed E-state index contributed by atoms with van der Waals surface area (Å²) < 4.78 is 24.3. The molecule has 1 atom stereocenters. The Bertz CT molecular complexity index is 1530. The van der Waals surface area contributed by atoms with Crippen molar-refractivity contribution >= 4 is 49.2 Å². The number of para-hydroxylation sites is 1. The molecule has 1 unspecified atom stereocenters. The number of halogens is 1. The number of carbonyl (C=O) groups excluding carboxylic acids is 1. The number of hydrogen-bond donors (Lipinski definition) is 2. The number of amides is 1. The minimum atomic E-state index is -0.617. The maximum Gasteiger partial charge on any atom is 0.275 e. The van der Waals surface area contributed by atoms with E-state index in [0.29, 0.717) is 41.8 Å². The second-order valence-electron chi connectivity index (χ2n) is 9.23. The molecule has 0 aliphatic carbocycles. The molecule has 0 spiro atoms. The van der Waals surface area contributed by atoms with Gasteiger partial charge in [0.2, 0.25) is 10.6 Å². The summed E-state index contributed by atoms with van der Waals surface area (Å²) in [5.74, 6) is -0.775. The number of nitrogens with zero attached hydrogens (tertiary/aromatic N) is 4. The molecule has 0 bridgehead atoms. The van der Waals surface area contributed by atoms with Gasteiger partial charge in [0.25, 0.3) is 5.91 Å². The van der Waals surface area contributed by atoms with Crippen LogP contribution in [0, 0.1) is 5.82 Å². The highest BCUT2D eigenvalue weighted by Gasteiger charge is 2.31. The Morgan fingerprint density at radius 1 is 1.22 bits per heavy atom. The van der Waals surface area contributed by atoms with Crippen molar-refractivity contribution in [2.24, 2.45) is 0 Å². The van der Waals surface area contributed by atoms with Crippen LogP contribution in [0.3, 0.4) is 0 Å². The number of rotatable bonds is 4. The molecule has 2 aromatic heterocycles. The third-order valence-corrected chi connectivity index (χ3v) is 7.73. The summed E-state index contributed by atoms with van der Waals surface area (Å²) in [5, 5.41) is 0.623. The number of carbonyl (C=O) groups is 1. The average molecular weight is 509 g/mol. The molecule has 0 radical (unpaired) electrons. The fourth-order valence-corrected chi connectivity index (χ4v) is 5.62. The van der Waals surface area contributed by atoms with Crippen LogP contribution in [0.5, 0.6) is 5.75 Å². The van der Waals surface area contributed by atoms with E-state index in [-0.39, 0.29) is 17.0 Å². The Hall–Kier alpha value is -3.70. The molecule has 2 aromatic carbocycles. The van der Waals surface area contributed by atoms with E-state index in [9.17, 15) is 9.59 Å². The van der Waals surface area contributed by atoms with Crippen molar-refractivity contribution in [2.75, 3.05) is 50.2 Å². The molecule has 2 N–H and O–H groups in total. The maximum atomic E-state index is 15.5. The first-order chi connectivity index (χ1) is 17.4. The van der Waals surface area contributed by atoms with Crippen LogP contribution >= 0.6 is 11.3 Å². The number of fused-ring (bicyclic) bond motifs is 1. The van der Waals surface area contributed by atoms with Crippen LogP contribution in [-0.4, -0.2) is 60.2 Å². The maximum absolute atomic E-state index is 15.5. The fourth-order valence-electron chi connectivity index (χ4n) is 4.80. The second kappa shape index (κ2) is 8.75. The van der Waals surface area contributed by atoms with Crippen molar-refractivity contribution in [3.05, 3.63) is 58.1 Å². The van der Waals surface area contributed by atoms with Gasteiger partial charge in [-0.2, -0.15) is 0 Å². The van der Waals surface area contributed by atoms with E-state index in [1.807, 2.05) is 47.7 Å². The first-order valence-corrected chi connectivity index (χ1v) is 12.6. The first-order valence-electron chi connectivity index (χ1n) is 11.8. The number of ether oxygens (including phenoxy) is 1. The SMILES string of the molecule is CC1COc2c(N3CCN(C)CC3)c(F)cc3c(=O)c(C(=O)NNc4nc5ccccc5s4)cn1c23. The van der Waals surface area contributed by atoms with E-state index in [2.05, 4.69) is 20.7 Å². The average Bonchev–Trinajstić information content (AvgIpc) is 3.29. The van der Waals surface area contributed by atoms with Gasteiger partial charge in [0.15, 0.2) is 11.6 Å². The van der Waals surface area contributed by atoms with Crippen LogP contribution in [0.2, 0.25) is 0 Å². The lowest BCUT2D eigenvalue weighted by Gasteiger charge is -2.37. The van der Waals surface area contributed by atoms with Crippen LogP contribution < -0.4 is 25.9 Å². The Morgan fingerprint density at radius 2 is 2.00 bits per heavy atom. The van der Waals surface area contributed by atoms with Crippen LogP contribution in [0.25, 0.3) is 21.1 Å². The Labute approximate surface area is 210 Å². The molecule has 1 saturated heterocycles. The Balaban J connectivity index is 1.38. The van der Waals surface area contributed by atoms with Gasteiger partial charge in [-0.15, -0.1) is 0 Å². The standard InChI is InChI=1S/C25H25FN6O3S/c1-14-13-35-23-20-15(11-17(26)21(23)31-9-7-30(2)8-10-31)22(33)16(12-32(14)20)24(34)28-29-25-27-18-5-3-4-6-19(18)36-25/h3-6,11-12,14H,7-10,13H2,1-2H3,(H,27,29)(H,28,34). The lowest BCUT2D eigenvalue weighted by Crippen LogP contribution is -2.45. The molecule has 1 fully saturated rings. The van der Waals surface area contributed by atoms with E-state index in [0.717, 1.165) is 23.3 Å². The molecular weight excluding hydrogens is 483 g/mol. The molecule has 11 heteroatoms. The number of aromatic nitrogens is 2. The smallest absolute Gasteiger partial charge is 0.275 e. The van der Waals surface area contributed by atoms with Crippen molar-refractivity contribution in [1.29, 1.82) is 0 Å². The third kappa shape index (κ3) is 3.75. The Morgan fingerprint density at radius 3 is 2.78 bits per heavy atom. The number of thiazole rings is 1. The molecule has 2 aliphatic rings. The third-order valence-electron chi connectivity index (χ3n) is 6.78. The molecule has 4 aromatic rings. The van der Waals surface area contributed by atoms with Crippen LogP contribution in [0.1, 0.15) is 23.3 Å². The number of likely N-dealkylation sites (N-methyl/N-ethyl adjacent to an activating group) is 1. The van der Waals surface area contributed by atoms with E-state index < -0.39 is 17.2 Å². The minimum Gasteiger partial charge on any atom is -0.487 e. The van der Waals surface area contributed by atoms with Gasteiger partial charge in [0, 0.05) is 32.4 Å². The number of nitrogens with one attached hydrogen (secondary N) is 2. The van der Waals surface area contributed by atoms with Crippen molar-refractivity contribution in [1.82, 2.24) is 19.9 Å². The molecule has 0 saturated carbocycles. The fraction of sp³-hybridized carbons (Fsp3) is 0.320. The number of hydrogen-bond acceptors (Lipinski definition) is 8. The summed E-state index contributed by atoms with van der Waals surface area (Å²) in [6.45, 7) is 5.18. The molecule has 6 rings (SSSR count). The van der Waals surface area contributed by atoms with E-state index in [4.69, 9.17) is 4.74 Å². The molecule has 1 amide bonds. The number of anilines is 2. The second-order valence-corrected chi connectivity index (χ2v) is 10.3. The van der Waals surface area contributed by atoms with Crippen molar-refractivity contribution in [3.63, 3.8) is 0 Å². The molecule has 36 heavy (non-hydrogen) atoms. The van der Waals surface area contributed by atoms with Crippen molar-refractivity contribution < 1.29 is 13.9 Å². The van der Waals surface area contributed by atoms with Gasteiger partial charge >= 0.3 is 0 Å². The van der Waals surface area contributed by atoms with E-state index >= 15 is 4.39 Å². The summed E-state index contributed by atoms with van der Waals surface area (Å²) in [4.78, 5) is 35.0. The number of pyridine rings is 1. The zero-order chi connectivity index (χ0) is 25.0. The van der Waals surface area contributed by atoms with Gasteiger partial charge in [-0.3, -0.25) is 20.4 Å². The summed E-state index contributed by atoms with van der Waals surface area (Å²) in [6.07, 6.45) is 1.54. The minimum absolute atomic E-state index is 0.0810. The normalized spacial score (nSPS) is 17.9. The largest absolute Gasteiger partial charge is 0.487 e. The van der Waals surface area contributed by atoms with Gasteiger partial charge in [-0.05, 0) is 32.2 Å². The molecule has 9 nitrogen and oxygen atoms in total. The van der Waals surface area contributed by atoms with Gasteiger partial charge in [0.05, 0.1) is 27.2 Å². The number of benzene rings is 2. The van der Waals surface area contributed by atoms with E-state index in [1.165, 1.54) is 17.4 Å². The summed E-state index contributed by atoms with van der Waals surface area (Å²) in [7, 11) is 2.03. The summed E-state index contributed by atoms with van der Waals surface area (Å²) in [6, 6.07) is 8.72. The summed E-state index contributed by atoms with van der Waals surface area (Å²) >= 11 is 1.38. The molecule has 2 aliphatic heterocycles. The highest BCUT2D eigenvalue weighted by molar-refractivity contribution is 7.22. The highest BCUT2D eigenvalue weighted by atomic mass is 32.1. The van der Waals surface area contributed by atoms with E-state index in [1.54, 1.807) is 6.20 Å². The molecular formula is C25H25FN6O3S. The summed E-state index contributed by atoms with van der Waals surface area (Å²) in [5.41, 5.74) is 6.45.